The van der Waals surface area contributed by atoms with Gasteiger partial charge in [-0.05, 0) is 55.0 Å². The van der Waals surface area contributed by atoms with Crippen molar-refractivity contribution in [3.63, 3.8) is 0 Å². The van der Waals surface area contributed by atoms with Crippen LogP contribution in [0.25, 0.3) is 0 Å². The molecule has 0 saturated carbocycles. The van der Waals surface area contributed by atoms with E-state index in [0.717, 1.165) is 24.1 Å². The topological polar surface area (TPSA) is 40.5 Å². The van der Waals surface area contributed by atoms with Crippen molar-refractivity contribution in [3.8, 4) is 0 Å². The van der Waals surface area contributed by atoms with Crippen LogP contribution < -0.4 is 0 Å². The number of nitrogens with zero attached hydrogens (tertiary/aromatic N) is 1. The molecule has 1 aliphatic rings. The highest BCUT2D eigenvalue weighted by Crippen LogP contribution is 2.53. The molecule has 0 aliphatic carbocycles. The van der Waals surface area contributed by atoms with Crippen LogP contribution in [0.4, 0.5) is 22.0 Å². The van der Waals surface area contributed by atoms with Crippen molar-refractivity contribution in [1.82, 2.24) is 4.90 Å². The van der Waals surface area contributed by atoms with Crippen LogP contribution in [0.1, 0.15) is 80.8 Å². The van der Waals surface area contributed by atoms with Crippen LogP contribution in [0, 0.1) is 18.3 Å². The van der Waals surface area contributed by atoms with Crippen molar-refractivity contribution >= 4 is 5.97 Å². The van der Waals surface area contributed by atoms with E-state index in [2.05, 4.69) is 20.8 Å². The van der Waals surface area contributed by atoms with Crippen molar-refractivity contribution in [2.24, 2.45) is 11.3 Å². The lowest BCUT2D eigenvalue weighted by molar-refractivity contribution is -0.170. The van der Waals surface area contributed by atoms with Gasteiger partial charge in [-0.3, -0.25) is 9.69 Å². The maximum atomic E-state index is 15.7. The molecule has 1 saturated heterocycles. The summed E-state index contributed by atoms with van der Waals surface area (Å²) in [7, 11) is 0. The Kier molecular flexibility index (Phi) is 8.18. The van der Waals surface area contributed by atoms with Crippen LogP contribution in [0.15, 0.2) is 48.5 Å². The maximum Gasteiger partial charge on any atom is 0.416 e. The van der Waals surface area contributed by atoms with E-state index in [-0.39, 0.29) is 11.0 Å². The van der Waals surface area contributed by atoms with Crippen molar-refractivity contribution in [2.45, 2.75) is 77.6 Å². The predicted molar refractivity (Wildman–Crippen MR) is 129 cm³/mol. The van der Waals surface area contributed by atoms with E-state index in [4.69, 9.17) is 0 Å². The molecule has 1 aliphatic heterocycles. The number of carbonyl (C=O) groups is 1. The lowest BCUT2D eigenvalue weighted by Crippen LogP contribution is -2.51. The summed E-state index contributed by atoms with van der Waals surface area (Å²) >= 11 is 0. The van der Waals surface area contributed by atoms with Gasteiger partial charge < -0.3 is 5.11 Å². The normalized spacial score (nSPS) is 23.0. The fourth-order valence-corrected chi connectivity index (χ4v) is 5.11. The van der Waals surface area contributed by atoms with E-state index >= 15 is 8.78 Å². The minimum absolute atomic E-state index is 0.00337. The van der Waals surface area contributed by atoms with Gasteiger partial charge in [0.1, 0.15) is 0 Å². The van der Waals surface area contributed by atoms with Crippen molar-refractivity contribution in [3.05, 3.63) is 70.8 Å². The second-order valence-corrected chi connectivity index (χ2v) is 11.1. The summed E-state index contributed by atoms with van der Waals surface area (Å²) in [5, 5.41) is 9.50. The average molecular weight is 512 g/mol. The quantitative estimate of drug-likeness (QED) is 0.382. The summed E-state index contributed by atoms with van der Waals surface area (Å²) in [5.74, 6) is -6.27. The molecule has 0 spiro atoms. The first kappa shape index (κ1) is 28.1. The fraction of sp³-hybridized carbons (Fsp3) is 0.536. The number of aliphatic carboxylic acids is 1. The molecule has 0 radical (unpaired) electrons. The Labute approximate surface area is 209 Å². The number of carboxylic acids is 1. The molecular formula is C28H34F5NO2. The first-order chi connectivity index (χ1) is 16.6. The molecule has 198 valence electrons. The zero-order valence-electron chi connectivity index (χ0n) is 21.1. The molecule has 0 bridgehead atoms. The van der Waals surface area contributed by atoms with Gasteiger partial charge in [0.05, 0.1) is 17.9 Å². The summed E-state index contributed by atoms with van der Waals surface area (Å²) in [4.78, 5) is 13.6. The average Bonchev–Trinajstić information content (AvgIpc) is 2.75. The highest BCUT2D eigenvalue weighted by Gasteiger charge is 2.55. The first-order valence-electron chi connectivity index (χ1n) is 12.2. The zero-order valence-corrected chi connectivity index (χ0v) is 21.1. The Bertz CT molecular complexity index is 1030. The molecule has 2 aromatic rings. The molecule has 36 heavy (non-hydrogen) atoms. The number of halogens is 5. The lowest BCUT2D eigenvalue weighted by atomic mass is 9.75. The third-order valence-electron chi connectivity index (χ3n) is 6.93. The molecule has 0 unspecified atom stereocenters. The molecule has 8 heteroatoms. The van der Waals surface area contributed by atoms with Gasteiger partial charge in [-0.25, -0.2) is 8.78 Å². The van der Waals surface area contributed by atoms with Crippen LogP contribution in [0.2, 0.25) is 0 Å². The Hall–Kier alpha value is -2.48. The summed E-state index contributed by atoms with van der Waals surface area (Å²) in [5.41, 5.74) is 1.05. The maximum absolute atomic E-state index is 15.7. The number of aryl methyl sites for hydroxylation is 1. The summed E-state index contributed by atoms with van der Waals surface area (Å²) in [6, 6.07) is 9.72. The number of likely N-dealkylation sites (tertiary alicyclic amines) is 1. The molecule has 3 rings (SSSR count). The third kappa shape index (κ3) is 6.84. The van der Waals surface area contributed by atoms with Crippen molar-refractivity contribution in [1.29, 1.82) is 0 Å². The molecule has 2 aromatic carbocycles. The first-order valence-corrected chi connectivity index (χ1v) is 12.2. The number of hydrogen-bond acceptors (Lipinski definition) is 2. The van der Waals surface area contributed by atoms with E-state index < -0.39 is 54.5 Å². The Balaban J connectivity index is 2.12. The van der Waals surface area contributed by atoms with Crippen LogP contribution in [0.5, 0.6) is 0 Å². The van der Waals surface area contributed by atoms with Gasteiger partial charge in [-0.15, -0.1) is 0 Å². The standard InChI is InChI=1S/C28H34F5NO2/c1-18-6-8-19(9-7-18)23-17-27(29,30)22(16-24(35)36)25(34(23)15-5-14-26(2,3)4)20-10-12-21(13-11-20)28(31,32)33/h6-13,22-23,25H,5,14-17H2,1-4H3,(H,35,36)/t22-,23+,25-/m1/s1. The predicted octanol–water partition coefficient (Wildman–Crippen LogP) is 8.05. The molecule has 0 aromatic heterocycles. The molecule has 3 atom stereocenters. The number of rotatable bonds is 7. The second-order valence-electron chi connectivity index (χ2n) is 11.1. The minimum Gasteiger partial charge on any atom is -0.481 e. The van der Waals surface area contributed by atoms with Gasteiger partial charge in [-0.1, -0.05) is 62.7 Å². The molecule has 1 fully saturated rings. The van der Waals surface area contributed by atoms with Gasteiger partial charge in [0.25, 0.3) is 5.92 Å². The van der Waals surface area contributed by atoms with E-state index in [1.54, 1.807) is 12.1 Å². The second kappa shape index (κ2) is 10.5. The Morgan fingerprint density at radius 1 is 1.00 bits per heavy atom. The smallest absolute Gasteiger partial charge is 0.416 e. The molecule has 3 nitrogen and oxygen atoms in total. The number of carboxylic acid groups (broad SMARTS) is 1. The zero-order chi connectivity index (χ0) is 26.9. The number of hydrogen-bond donors (Lipinski definition) is 1. The monoisotopic (exact) mass is 511 g/mol. The SMILES string of the molecule is Cc1ccc([C@@H]2CC(F)(F)[C@H](CC(=O)O)[C@@H](c3ccc(C(F)(F)F)cc3)N2CCCC(C)(C)C)cc1. The highest BCUT2D eigenvalue weighted by atomic mass is 19.4. The molecule has 0 amide bonds. The van der Waals surface area contributed by atoms with Crippen molar-refractivity contribution < 1.29 is 31.9 Å². The van der Waals surface area contributed by atoms with Gasteiger partial charge >= 0.3 is 12.1 Å². The minimum atomic E-state index is -4.56. The molecule has 1 N–H and O–H groups in total. The van der Waals surface area contributed by atoms with E-state index in [9.17, 15) is 23.1 Å². The number of benzene rings is 2. The summed E-state index contributed by atoms with van der Waals surface area (Å²) in [6.45, 7) is 8.54. The van der Waals surface area contributed by atoms with E-state index in [1.165, 1.54) is 12.1 Å². The van der Waals surface area contributed by atoms with Crippen molar-refractivity contribution in [2.75, 3.05) is 6.54 Å². The van der Waals surface area contributed by atoms with Crippen LogP contribution >= 0.6 is 0 Å². The lowest BCUT2D eigenvalue weighted by Gasteiger charge is -2.50. The van der Waals surface area contributed by atoms with Crippen LogP contribution in [-0.2, 0) is 11.0 Å². The number of alkyl halides is 5. The van der Waals surface area contributed by atoms with Gasteiger partial charge in [0.15, 0.2) is 0 Å². The summed E-state index contributed by atoms with van der Waals surface area (Å²) in [6.07, 6.45) is -4.42. The van der Waals surface area contributed by atoms with Gasteiger partial charge in [0, 0.05) is 18.5 Å². The fourth-order valence-electron chi connectivity index (χ4n) is 5.11. The van der Waals surface area contributed by atoms with E-state index in [0.29, 0.717) is 18.5 Å². The van der Waals surface area contributed by atoms with Gasteiger partial charge in [-0.2, -0.15) is 13.2 Å². The molecule has 1 heterocycles. The van der Waals surface area contributed by atoms with Crippen LogP contribution in [-0.4, -0.2) is 28.4 Å². The largest absolute Gasteiger partial charge is 0.481 e. The van der Waals surface area contributed by atoms with Gasteiger partial charge in [0.2, 0.25) is 0 Å². The summed E-state index contributed by atoms with van der Waals surface area (Å²) < 4.78 is 70.9. The number of piperidine rings is 1. The third-order valence-corrected chi connectivity index (χ3v) is 6.93. The van der Waals surface area contributed by atoms with Crippen LogP contribution in [0.3, 0.4) is 0 Å². The molecular weight excluding hydrogens is 477 g/mol. The highest BCUT2D eigenvalue weighted by molar-refractivity contribution is 5.67. The Morgan fingerprint density at radius 2 is 1.56 bits per heavy atom. The van der Waals surface area contributed by atoms with E-state index in [1.807, 2.05) is 24.0 Å². The Morgan fingerprint density at radius 3 is 2.06 bits per heavy atom.